The number of nitrogens with one attached hydrogen (secondary N) is 1. The number of rotatable bonds is 3. The van der Waals surface area contributed by atoms with Gasteiger partial charge in [0.05, 0.1) is 11.2 Å². The molecule has 0 aromatic carbocycles. The first-order valence-electron chi connectivity index (χ1n) is 8.23. The van der Waals surface area contributed by atoms with Crippen LogP contribution in [0.2, 0.25) is 0 Å². The summed E-state index contributed by atoms with van der Waals surface area (Å²) >= 11 is 0. The van der Waals surface area contributed by atoms with Gasteiger partial charge >= 0.3 is 0 Å². The molecular formula is C17H34N2O. The minimum absolute atomic E-state index is 0.0390. The molecule has 2 aliphatic rings. The molecule has 2 aliphatic heterocycles. The molecule has 1 atom stereocenters. The van der Waals surface area contributed by atoms with E-state index in [4.69, 9.17) is 4.74 Å². The second-order valence-electron chi connectivity index (χ2n) is 8.80. The number of hydrogen-bond donors (Lipinski definition) is 1. The zero-order valence-electron chi connectivity index (χ0n) is 14.4. The predicted octanol–water partition coefficient (Wildman–Crippen LogP) is 2.90. The summed E-state index contributed by atoms with van der Waals surface area (Å²) in [5, 5.41) is 3.57. The van der Waals surface area contributed by atoms with Crippen molar-refractivity contribution in [1.82, 2.24) is 10.2 Å². The van der Waals surface area contributed by atoms with E-state index in [1.54, 1.807) is 0 Å². The van der Waals surface area contributed by atoms with E-state index in [1.165, 1.54) is 32.5 Å². The van der Waals surface area contributed by atoms with Crippen molar-refractivity contribution in [3.63, 3.8) is 0 Å². The summed E-state index contributed by atoms with van der Waals surface area (Å²) in [6.07, 6.45) is 2.70. The van der Waals surface area contributed by atoms with E-state index in [0.717, 1.165) is 19.0 Å². The van der Waals surface area contributed by atoms with E-state index in [9.17, 15) is 0 Å². The van der Waals surface area contributed by atoms with Gasteiger partial charge in [0.1, 0.15) is 0 Å². The molecule has 2 heterocycles. The minimum Gasteiger partial charge on any atom is -0.367 e. The van der Waals surface area contributed by atoms with Crippen LogP contribution in [0.1, 0.15) is 54.4 Å². The van der Waals surface area contributed by atoms with Crippen LogP contribution in [0, 0.1) is 11.3 Å². The van der Waals surface area contributed by atoms with Crippen LogP contribution in [0.15, 0.2) is 0 Å². The highest BCUT2D eigenvalue weighted by Crippen LogP contribution is 2.35. The largest absolute Gasteiger partial charge is 0.367 e. The Hall–Kier alpha value is -0.120. The van der Waals surface area contributed by atoms with Crippen molar-refractivity contribution in [3.05, 3.63) is 0 Å². The summed E-state index contributed by atoms with van der Waals surface area (Å²) in [5.41, 5.74) is 0.294. The normalized spacial score (nSPS) is 31.2. The molecule has 1 N–H and O–H groups in total. The van der Waals surface area contributed by atoms with Crippen LogP contribution in [0.3, 0.4) is 0 Å². The maximum Gasteiger partial charge on any atom is 0.0760 e. The predicted molar refractivity (Wildman–Crippen MR) is 85.1 cm³/mol. The molecule has 20 heavy (non-hydrogen) atoms. The molecule has 0 aromatic rings. The lowest BCUT2D eigenvalue weighted by Crippen LogP contribution is -2.59. The molecule has 3 heteroatoms. The Labute approximate surface area is 125 Å². The van der Waals surface area contributed by atoms with Crippen molar-refractivity contribution in [2.75, 3.05) is 32.7 Å². The van der Waals surface area contributed by atoms with Crippen LogP contribution in [0.5, 0.6) is 0 Å². The third kappa shape index (κ3) is 4.19. The van der Waals surface area contributed by atoms with Crippen molar-refractivity contribution in [2.24, 2.45) is 11.3 Å². The van der Waals surface area contributed by atoms with Crippen molar-refractivity contribution in [2.45, 2.75) is 65.6 Å². The molecule has 0 amide bonds. The van der Waals surface area contributed by atoms with Crippen LogP contribution < -0.4 is 5.32 Å². The van der Waals surface area contributed by atoms with Crippen LogP contribution in [0.25, 0.3) is 0 Å². The third-order valence-corrected chi connectivity index (χ3v) is 4.79. The highest BCUT2D eigenvalue weighted by molar-refractivity contribution is 4.93. The SMILES string of the molecule is CC1(C)CN(CC(C)(C)C2CCCNC2)CC(C)(C)O1. The fourth-order valence-corrected chi connectivity index (χ4v) is 4.28. The highest BCUT2D eigenvalue weighted by atomic mass is 16.5. The third-order valence-electron chi connectivity index (χ3n) is 4.79. The Kier molecular flexibility index (Phi) is 4.54. The van der Waals surface area contributed by atoms with Gasteiger partial charge in [-0.15, -0.1) is 0 Å². The molecule has 2 rings (SSSR count). The average molecular weight is 282 g/mol. The molecule has 0 spiro atoms. The van der Waals surface area contributed by atoms with E-state index in [1.807, 2.05) is 0 Å². The fraction of sp³-hybridized carbons (Fsp3) is 1.00. The summed E-state index contributed by atoms with van der Waals surface area (Å²) in [4.78, 5) is 2.62. The smallest absolute Gasteiger partial charge is 0.0760 e. The van der Waals surface area contributed by atoms with E-state index >= 15 is 0 Å². The number of morpholine rings is 1. The number of ether oxygens (including phenoxy) is 1. The van der Waals surface area contributed by atoms with E-state index in [-0.39, 0.29) is 11.2 Å². The summed E-state index contributed by atoms with van der Waals surface area (Å²) in [5.74, 6) is 0.797. The van der Waals surface area contributed by atoms with E-state index < -0.39 is 0 Å². The second-order valence-corrected chi connectivity index (χ2v) is 8.80. The molecule has 0 bridgehead atoms. The molecule has 0 aromatic heterocycles. The standard InChI is InChI=1S/C17H34N2O/c1-15(2,14-8-7-9-18-10-14)11-19-12-16(3,4)20-17(5,6)13-19/h14,18H,7-13H2,1-6H3. The van der Waals surface area contributed by atoms with Crippen molar-refractivity contribution < 1.29 is 4.74 Å². The van der Waals surface area contributed by atoms with Gasteiger partial charge in [-0.1, -0.05) is 13.8 Å². The molecule has 0 saturated carbocycles. The number of nitrogens with zero attached hydrogens (tertiary/aromatic N) is 1. The molecule has 0 aliphatic carbocycles. The summed E-state index contributed by atoms with van der Waals surface area (Å²) < 4.78 is 6.20. The Balaban J connectivity index is 2.00. The van der Waals surface area contributed by atoms with E-state index in [2.05, 4.69) is 51.8 Å². The molecule has 2 saturated heterocycles. The number of piperidine rings is 1. The maximum atomic E-state index is 6.20. The van der Waals surface area contributed by atoms with Gasteiger partial charge in [-0.05, 0) is 65.0 Å². The molecular weight excluding hydrogens is 248 g/mol. The fourth-order valence-electron chi connectivity index (χ4n) is 4.28. The average Bonchev–Trinajstić information content (AvgIpc) is 2.25. The van der Waals surface area contributed by atoms with Gasteiger partial charge in [0.2, 0.25) is 0 Å². The second kappa shape index (κ2) is 5.58. The number of hydrogen-bond acceptors (Lipinski definition) is 3. The summed E-state index contributed by atoms with van der Waals surface area (Å²) in [7, 11) is 0. The van der Waals surface area contributed by atoms with Gasteiger partial charge in [0, 0.05) is 19.6 Å². The van der Waals surface area contributed by atoms with Crippen LogP contribution in [-0.2, 0) is 4.74 Å². The van der Waals surface area contributed by atoms with Gasteiger partial charge in [-0.3, -0.25) is 4.90 Å². The van der Waals surface area contributed by atoms with Gasteiger partial charge < -0.3 is 10.1 Å². The topological polar surface area (TPSA) is 24.5 Å². The monoisotopic (exact) mass is 282 g/mol. The lowest BCUT2D eigenvalue weighted by molar-refractivity contribution is -0.185. The molecule has 2 fully saturated rings. The highest BCUT2D eigenvalue weighted by Gasteiger charge is 2.41. The van der Waals surface area contributed by atoms with E-state index in [0.29, 0.717) is 5.41 Å². The summed E-state index contributed by atoms with van der Waals surface area (Å²) in [6, 6.07) is 0. The van der Waals surface area contributed by atoms with Crippen LogP contribution >= 0.6 is 0 Å². The zero-order chi connectivity index (χ0) is 15.0. The van der Waals surface area contributed by atoms with Gasteiger partial charge in [-0.2, -0.15) is 0 Å². The van der Waals surface area contributed by atoms with Crippen molar-refractivity contribution >= 4 is 0 Å². The Morgan fingerprint density at radius 2 is 1.75 bits per heavy atom. The van der Waals surface area contributed by atoms with Crippen LogP contribution in [-0.4, -0.2) is 48.8 Å². The zero-order valence-corrected chi connectivity index (χ0v) is 14.4. The first-order valence-corrected chi connectivity index (χ1v) is 8.23. The lowest BCUT2D eigenvalue weighted by Gasteiger charge is -2.50. The van der Waals surface area contributed by atoms with Gasteiger partial charge in [0.15, 0.2) is 0 Å². The molecule has 3 nitrogen and oxygen atoms in total. The Bertz CT molecular complexity index is 314. The van der Waals surface area contributed by atoms with Crippen LogP contribution in [0.4, 0.5) is 0 Å². The maximum absolute atomic E-state index is 6.20. The Morgan fingerprint density at radius 1 is 1.15 bits per heavy atom. The molecule has 0 radical (unpaired) electrons. The first kappa shape index (κ1) is 16.3. The van der Waals surface area contributed by atoms with Gasteiger partial charge in [0.25, 0.3) is 0 Å². The molecule has 118 valence electrons. The Morgan fingerprint density at radius 3 is 2.25 bits per heavy atom. The minimum atomic E-state index is -0.0390. The quantitative estimate of drug-likeness (QED) is 0.861. The lowest BCUT2D eigenvalue weighted by atomic mass is 9.74. The summed E-state index contributed by atoms with van der Waals surface area (Å²) in [6.45, 7) is 19.4. The first-order chi connectivity index (χ1) is 9.10. The van der Waals surface area contributed by atoms with Gasteiger partial charge in [-0.25, -0.2) is 0 Å². The van der Waals surface area contributed by atoms with Crippen molar-refractivity contribution in [1.29, 1.82) is 0 Å². The molecule has 1 unspecified atom stereocenters. The van der Waals surface area contributed by atoms with Crippen molar-refractivity contribution in [3.8, 4) is 0 Å².